The van der Waals surface area contributed by atoms with Crippen LogP contribution in [0.4, 0.5) is 5.82 Å². The van der Waals surface area contributed by atoms with E-state index in [1.54, 1.807) is 11.8 Å². The predicted octanol–water partition coefficient (Wildman–Crippen LogP) is 4.40. The molecule has 0 radical (unpaired) electrons. The van der Waals surface area contributed by atoms with Crippen LogP contribution in [0.5, 0.6) is 0 Å². The van der Waals surface area contributed by atoms with E-state index in [1.165, 1.54) is 11.1 Å². The molecule has 2 aliphatic heterocycles. The minimum Gasteiger partial charge on any atom is -0.375 e. The van der Waals surface area contributed by atoms with E-state index in [2.05, 4.69) is 62.0 Å². The SMILES string of the molecule is Cc1ccc([C@H]2SCC(=O)Nc3c2c(C)nn3[C@H]2CCOC(C)(C)C2)cc1. The van der Waals surface area contributed by atoms with E-state index in [0.29, 0.717) is 5.75 Å². The molecule has 0 saturated carbocycles. The first kappa shape index (κ1) is 18.6. The van der Waals surface area contributed by atoms with Crippen molar-refractivity contribution in [1.29, 1.82) is 0 Å². The molecule has 2 aliphatic rings. The van der Waals surface area contributed by atoms with Crippen molar-refractivity contribution in [3.8, 4) is 0 Å². The molecule has 0 spiro atoms. The Morgan fingerprint density at radius 2 is 2.00 bits per heavy atom. The van der Waals surface area contributed by atoms with Gasteiger partial charge >= 0.3 is 0 Å². The number of carbonyl (C=O) groups excluding carboxylic acids is 1. The molecule has 0 bridgehead atoms. The van der Waals surface area contributed by atoms with Gasteiger partial charge in [0.2, 0.25) is 5.91 Å². The van der Waals surface area contributed by atoms with Crippen LogP contribution < -0.4 is 5.32 Å². The third-order valence-electron chi connectivity index (χ3n) is 5.43. The summed E-state index contributed by atoms with van der Waals surface area (Å²) in [6, 6.07) is 8.84. The second-order valence-corrected chi connectivity index (χ2v) is 9.29. The van der Waals surface area contributed by atoms with Crippen molar-refractivity contribution in [2.24, 2.45) is 0 Å². The molecule has 0 unspecified atom stereocenters. The summed E-state index contributed by atoms with van der Waals surface area (Å²) in [6.45, 7) is 9.11. The molecule has 2 atom stereocenters. The van der Waals surface area contributed by atoms with Crippen LogP contribution in [0.15, 0.2) is 24.3 Å². The first-order valence-corrected chi connectivity index (χ1v) is 10.6. The number of ether oxygens (including phenoxy) is 1. The van der Waals surface area contributed by atoms with E-state index in [4.69, 9.17) is 9.84 Å². The summed E-state index contributed by atoms with van der Waals surface area (Å²) in [5.41, 5.74) is 4.42. The van der Waals surface area contributed by atoms with Crippen LogP contribution in [-0.2, 0) is 9.53 Å². The van der Waals surface area contributed by atoms with E-state index < -0.39 is 0 Å². The number of nitrogens with zero attached hydrogens (tertiary/aromatic N) is 2. The average molecular weight is 386 g/mol. The summed E-state index contributed by atoms with van der Waals surface area (Å²) in [5.74, 6) is 1.37. The van der Waals surface area contributed by atoms with Gasteiger partial charge in [-0.2, -0.15) is 5.10 Å². The molecule has 0 aliphatic carbocycles. The highest BCUT2D eigenvalue weighted by Crippen LogP contribution is 2.45. The van der Waals surface area contributed by atoms with Crippen molar-refractivity contribution >= 4 is 23.5 Å². The summed E-state index contributed by atoms with van der Waals surface area (Å²) in [7, 11) is 0. The Bertz CT molecular complexity index is 857. The standard InChI is InChI=1S/C21H27N3O2S/c1-13-5-7-15(8-6-13)19-18-14(2)23-24(20(18)22-17(25)12-27-19)16-9-10-26-21(3,4)11-16/h5-8,16,19H,9-12H2,1-4H3,(H,22,25)/t16-,19+/m0/s1. The van der Waals surface area contributed by atoms with E-state index >= 15 is 0 Å². The van der Waals surface area contributed by atoms with Crippen LogP contribution in [0, 0.1) is 13.8 Å². The molecular formula is C21H27N3O2S. The Labute approximate surface area is 164 Å². The molecule has 3 heterocycles. The van der Waals surface area contributed by atoms with Gasteiger partial charge in [-0.1, -0.05) is 29.8 Å². The van der Waals surface area contributed by atoms with Crippen LogP contribution in [-0.4, -0.2) is 33.6 Å². The summed E-state index contributed by atoms with van der Waals surface area (Å²) in [5, 5.41) is 8.14. The molecule has 1 amide bonds. The molecule has 1 N–H and O–H groups in total. The summed E-state index contributed by atoms with van der Waals surface area (Å²) in [6.07, 6.45) is 1.80. The lowest BCUT2D eigenvalue weighted by Gasteiger charge is -2.36. The maximum absolute atomic E-state index is 12.5. The number of hydrogen-bond acceptors (Lipinski definition) is 4. The van der Waals surface area contributed by atoms with Gasteiger partial charge in [0.15, 0.2) is 0 Å². The van der Waals surface area contributed by atoms with E-state index in [9.17, 15) is 4.79 Å². The number of aromatic nitrogens is 2. The van der Waals surface area contributed by atoms with Crippen LogP contribution in [0.2, 0.25) is 0 Å². The highest BCUT2D eigenvalue weighted by Gasteiger charge is 2.35. The molecule has 2 aromatic rings. The van der Waals surface area contributed by atoms with Crippen molar-refractivity contribution in [3.63, 3.8) is 0 Å². The lowest BCUT2D eigenvalue weighted by molar-refractivity contribution is -0.113. The zero-order valence-electron chi connectivity index (χ0n) is 16.4. The number of amides is 1. The van der Waals surface area contributed by atoms with Crippen LogP contribution in [0.25, 0.3) is 0 Å². The first-order valence-electron chi connectivity index (χ1n) is 9.55. The second-order valence-electron chi connectivity index (χ2n) is 8.20. The smallest absolute Gasteiger partial charge is 0.235 e. The normalized spacial score (nSPS) is 24.8. The van der Waals surface area contributed by atoms with E-state index in [1.807, 2.05) is 0 Å². The topological polar surface area (TPSA) is 56.2 Å². The number of anilines is 1. The lowest BCUT2D eigenvalue weighted by atomic mass is 9.94. The number of thioether (sulfide) groups is 1. The van der Waals surface area contributed by atoms with Gasteiger partial charge in [-0.15, -0.1) is 11.8 Å². The van der Waals surface area contributed by atoms with E-state index in [-0.39, 0.29) is 22.8 Å². The molecule has 1 fully saturated rings. The summed E-state index contributed by atoms with van der Waals surface area (Å²) >= 11 is 1.68. The van der Waals surface area contributed by atoms with Crippen LogP contribution >= 0.6 is 11.8 Å². The predicted molar refractivity (Wildman–Crippen MR) is 109 cm³/mol. The monoisotopic (exact) mass is 385 g/mol. The lowest BCUT2D eigenvalue weighted by Crippen LogP contribution is -2.36. The van der Waals surface area contributed by atoms with Crippen LogP contribution in [0.3, 0.4) is 0 Å². The van der Waals surface area contributed by atoms with Crippen molar-refractivity contribution in [3.05, 3.63) is 46.6 Å². The maximum atomic E-state index is 12.5. The highest BCUT2D eigenvalue weighted by atomic mass is 32.2. The Kier molecular flexibility index (Phi) is 4.80. The Hall–Kier alpha value is -1.79. The Morgan fingerprint density at radius 3 is 2.70 bits per heavy atom. The average Bonchev–Trinajstić information content (AvgIpc) is 2.81. The highest BCUT2D eigenvalue weighted by molar-refractivity contribution is 8.00. The van der Waals surface area contributed by atoms with Gasteiger partial charge in [-0.3, -0.25) is 4.79 Å². The number of fused-ring (bicyclic) bond motifs is 1. The number of rotatable bonds is 2. The van der Waals surface area contributed by atoms with Gasteiger partial charge in [0.05, 0.1) is 28.3 Å². The van der Waals surface area contributed by atoms with Crippen molar-refractivity contribution < 1.29 is 9.53 Å². The zero-order valence-corrected chi connectivity index (χ0v) is 17.2. The summed E-state index contributed by atoms with van der Waals surface area (Å²) < 4.78 is 7.94. The fraction of sp³-hybridized carbons (Fsp3) is 0.524. The number of benzene rings is 1. The zero-order chi connectivity index (χ0) is 19.2. The molecule has 27 heavy (non-hydrogen) atoms. The van der Waals surface area contributed by atoms with Crippen LogP contribution in [0.1, 0.15) is 60.4 Å². The van der Waals surface area contributed by atoms with Gasteiger partial charge in [0.1, 0.15) is 5.82 Å². The fourth-order valence-electron chi connectivity index (χ4n) is 4.09. The van der Waals surface area contributed by atoms with Gasteiger partial charge < -0.3 is 10.1 Å². The van der Waals surface area contributed by atoms with Crippen molar-refractivity contribution in [2.75, 3.05) is 17.7 Å². The molecule has 144 valence electrons. The van der Waals surface area contributed by atoms with Gasteiger partial charge in [0, 0.05) is 12.2 Å². The van der Waals surface area contributed by atoms with Gasteiger partial charge in [0.25, 0.3) is 0 Å². The molecule has 5 nitrogen and oxygen atoms in total. The number of nitrogens with one attached hydrogen (secondary N) is 1. The largest absolute Gasteiger partial charge is 0.375 e. The molecule has 1 aromatic heterocycles. The van der Waals surface area contributed by atoms with Crippen molar-refractivity contribution in [1.82, 2.24) is 9.78 Å². The fourth-order valence-corrected chi connectivity index (χ4v) is 5.27. The minimum absolute atomic E-state index is 0.0448. The van der Waals surface area contributed by atoms with Gasteiger partial charge in [-0.05, 0) is 46.1 Å². The number of aryl methyl sites for hydroxylation is 2. The van der Waals surface area contributed by atoms with Crippen molar-refractivity contribution in [2.45, 2.75) is 57.4 Å². The quantitative estimate of drug-likeness (QED) is 0.832. The summed E-state index contributed by atoms with van der Waals surface area (Å²) in [4.78, 5) is 12.5. The molecule has 4 rings (SSSR count). The Morgan fingerprint density at radius 1 is 1.26 bits per heavy atom. The molecule has 1 aromatic carbocycles. The number of hydrogen-bond donors (Lipinski definition) is 1. The maximum Gasteiger partial charge on any atom is 0.235 e. The minimum atomic E-state index is -0.171. The number of carbonyl (C=O) groups is 1. The molecule has 1 saturated heterocycles. The molecule has 6 heteroatoms. The third kappa shape index (κ3) is 3.65. The molecular weight excluding hydrogens is 358 g/mol. The van der Waals surface area contributed by atoms with Gasteiger partial charge in [-0.25, -0.2) is 4.68 Å². The third-order valence-corrected chi connectivity index (χ3v) is 6.70. The second kappa shape index (κ2) is 6.99. The van der Waals surface area contributed by atoms with E-state index in [0.717, 1.165) is 36.5 Å². The Balaban J connectivity index is 1.78. The first-order chi connectivity index (χ1) is 12.8.